The maximum absolute atomic E-state index is 12.1. The van der Waals surface area contributed by atoms with E-state index in [4.69, 9.17) is 22.7 Å². The third-order valence-electron chi connectivity index (χ3n) is 3.65. The maximum atomic E-state index is 12.1. The van der Waals surface area contributed by atoms with Crippen molar-refractivity contribution in [2.75, 3.05) is 13.7 Å². The zero-order valence-corrected chi connectivity index (χ0v) is 13.3. The van der Waals surface area contributed by atoms with Gasteiger partial charge in [-0.1, -0.05) is 19.1 Å². The van der Waals surface area contributed by atoms with Crippen molar-refractivity contribution in [1.82, 2.24) is 4.90 Å². The Hall–Kier alpha value is -1.62. The molecule has 0 aliphatic rings. The average molecular weight is 294 g/mol. The first-order valence-corrected chi connectivity index (χ1v) is 6.98. The van der Waals surface area contributed by atoms with Crippen LogP contribution >= 0.6 is 12.2 Å². The highest BCUT2D eigenvalue weighted by molar-refractivity contribution is 7.80. The Morgan fingerprint density at radius 1 is 1.35 bits per heavy atom. The van der Waals surface area contributed by atoms with E-state index >= 15 is 0 Å². The molecule has 5 heteroatoms. The minimum absolute atomic E-state index is 0.0202. The molecule has 0 radical (unpaired) electrons. The number of carbonyl (C=O) groups is 1. The molecule has 0 atom stereocenters. The summed E-state index contributed by atoms with van der Waals surface area (Å²) in [5.41, 5.74) is 6.13. The fourth-order valence-electron chi connectivity index (χ4n) is 1.53. The third-order valence-corrected chi connectivity index (χ3v) is 3.88. The van der Waals surface area contributed by atoms with Crippen LogP contribution in [0.2, 0.25) is 0 Å². The summed E-state index contributed by atoms with van der Waals surface area (Å²) in [5, 5.41) is 0. The number of hydrogen-bond acceptors (Lipinski definition) is 3. The van der Waals surface area contributed by atoms with E-state index in [2.05, 4.69) is 6.92 Å². The summed E-state index contributed by atoms with van der Waals surface area (Å²) in [7, 11) is 1.80. The topological polar surface area (TPSA) is 55.6 Å². The molecule has 4 nitrogen and oxygen atoms in total. The molecule has 0 heterocycles. The first-order valence-electron chi connectivity index (χ1n) is 6.57. The average Bonchev–Trinajstić information content (AvgIpc) is 2.44. The van der Waals surface area contributed by atoms with Crippen LogP contribution in [0, 0.1) is 0 Å². The molecule has 1 aromatic carbocycles. The van der Waals surface area contributed by atoms with E-state index in [0.29, 0.717) is 10.7 Å². The Balaban J connectivity index is 2.59. The van der Waals surface area contributed by atoms with Crippen molar-refractivity contribution in [2.45, 2.75) is 32.7 Å². The Labute approximate surface area is 125 Å². The van der Waals surface area contributed by atoms with Crippen LogP contribution in [0.4, 0.5) is 0 Å². The number of nitrogens with zero attached hydrogens (tertiary/aromatic N) is 1. The summed E-state index contributed by atoms with van der Waals surface area (Å²) in [6, 6.07) is 7.07. The molecular formula is C15H22N2O2S. The van der Waals surface area contributed by atoms with E-state index in [9.17, 15) is 4.79 Å². The quantitative estimate of drug-likeness (QED) is 0.818. The van der Waals surface area contributed by atoms with Crippen molar-refractivity contribution in [3.8, 4) is 5.75 Å². The summed E-state index contributed by atoms with van der Waals surface area (Å²) in [6.45, 7) is 6.13. The number of amides is 1. The molecule has 110 valence electrons. The van der Waals surface area contributed by atoms with Crippen LogP contribution in [0.25, 0.3) is 0 Å². The molecule has 0 saturated heterocycles. The van der Waals surface area contributed by atoms with Gasteiger partial charge in [0.1, 0.15) is 10.7 Å². The fraction of sp³-hybridized carbons (Fsp3) is 0.467. The number of likely N-dealkylation sites (N-methyl/N-ethyl adjacent to an activating group) is 1. The highest BCUT2D eigenvalue weighted by Crippen LogP contribution is 2.17. The maximum Gasteiger partial charge on any atom is 0.260 e. The fourth-order valence-corrected chi connectivity index (χ4v) is 1.67. The first kappa shape index (κ1) is 16.4. The van der Waals surface area contributed by atoms with Crippen LogP contribution in [0.3, 0.4) is 0 Å². The van der Waals surface area contributed by atoms with E-state index in [-0.39, 0.29) is 18.1 Å². The van der Waals surface area contributed by atoms with Crippen LogP contribution in [0.1, 0.15) is 32.8 Å². The van der Waals surface area contributed by atoms with Gasteiger partial charge in [-0.25, -0.2) is 0 Å². The lowest BCUT2D eigenvalue weighted by molar-refractivity contribution is -0.136. The first-order chi connectivity index (χ1) is 9.27. The van der Waals surface area contributed by atoms with E-state index in [0.717, 1.165) is 12.0 Å². The minimum Gasteiger partial charge on any atom is -0.484 e. The van der Waals surface area contributed by atoms with Gasteiger partial charge in [-0.05, 0) is 44.5 Å². The normalized spacial score (nSPS) is 11.0. The second-order valence-electron chi connectivity index (χ2n) is 5.30. The Morgan fingerprint density at radius 2 is 1.90 bits per heavy atom. The van der Waals surface area contributed by atoms with Crippen molar-refractivity contribution < 1.29 is 9.53 Å². The zero-order chi connectivity index (χ0) is 15.3. The van der Waals surface area contributed by atoms with Crippen molar-refractivity contribution in [1.29, 1.82) is 0 Å². The van der Waals surface area contributed by atoms with Crippen LogP contribution < -0.4 is 10.5 Å². The number of hydrogen-bond donors (Lipinski definition) is 1. The van der Waals surface area contributed by atoms with Crippen LogP contribution in [-0.4, -0.2) is 35.0 Å². The number of benzene rings is 1. The summed E-state index contributed by atoms with van der Waals surface area (Å²) in [6.07, 6.45) is 0.887. The summed E-state index contributed by atoms with van der Waals surface area (Å²) in [4.78, 5) is 14.1. The van der Waals surface area contributed by atoms with Crippen molar-refractivity contribution in [2.24, 2.45) is 5.73 Å². The summed E-state index contributed by atoms with van der Waals surface area (Å²) in [5.74, 6) is 0.580. The van der Waals surface area contributed by atoms with Gasteiger partial charge in [-0.15, -0.1) is 0 Å². The number of thiocarbonyl (C=S) groups is 1. The molecule has 0 fully saturated rings. The lowest BCUT2D eigenvalue weighted by Crippen LogP contribution is -2.46. The van der Waals surface area contributed by atoms with Gasteiger partial charge >= 0.3 is 0 Å². The van der Waals surface area contributed by atoms with Gasteiger partial charge in [0, 0.05) is 18.2 Å². The van der Waals surface area contributed by atoms with Crippen molar-refractivity contribution in [3.63, 3.8) is 0 Å². The largest absolute Gasteiger partial charge is 0.484 e. The number of ether oxygens (including phenoxy) is 1. The van der Waals surface area contributed by atoms with Gasteiger partial charge in [-0.2, -0.15) is 0 Å². The van der Waals surface area contributed by atoms with Crippen LogP contribution in [0.15, 0.2) is 24.3 Å². The SMILES string of the molecule is CCC(C)(C)N(C)C(=O)COc1ccc(C(N)=S)cc1. The number of rotatable bonds is 6. The molecule has 0 bridgehead atoms. The van der Waals surface area contributed by atoms with E-state index in [1.807, 2.05) is 13.8 Å². The minimum atomic E-state index is -0.171. The van der Waals surface area contributed by atoms with E-state index in [1.54, 1.807) is 36.2 Å². The third kappa shape index (κ3) is 4.20. The molecule has 2 N–H and O–H groups in total. The standard InChI is InChI=1S/C15H22N2O2S/c1-5-15(2,3)17(4)13(18)10-19-12-8-6-11(7-9-12)14(16)20/h6-9H,5,10H2,1-4H3,(H2,16,20). The smallest absolute Gasteiger partial charge is 0.260 e. The predicted molar refractivity (Wildman–Crippen MR) is 85.0 cm³/mol. The Morgan fingerprint density at radius 3 is 2.35 bits per heavy atom. The molecule has 1 aromatic rings. The Kier molecular flexibility index (Phi) is 5.51. The van der Waals surface area contributed by atoms with Gasteiger partial charge < -0.3 is 15.4 Å². The monoisotopic (exact) mass is 294 g/mol. The molecule has 0 aliphatic carbocycles. The van der Waals surface area contributed by atoms with E-state index < -0.39 is 0 Å². The second kappa shape index (κ2) is 6.70. The molecule has 0 aliphatic heterocycles. The lowest BCUT2D eigenvalue weighted by Gasteiger charge is -2.34. The van der Waals surface area contributed by atoms with Gasteiger partial charge in [0.25, 0.3) is 5.91 Å². The number of nitrogens with two attached hydrogens (primary N) is 1. The lowest BCUT2D eigenvalue weighted by atomic mass is 10.00. The highest BCUT2D eigenvalue weighted by atomic mass is 32.1. The predicted octanol–water partition coefficient (Wildman–Crippen LogP) is 2.35. The van der Waals surface area contributed by atoms with Gasteiger partial charge in [-0.3, -0.25) is 4.79 Å². The van der Waals surface area contributed by atoms with E-state index in [1.165, 1.54) is 0 Å². The number of carbonyl (C=O) groups excluding carboxylic acids is 1. The van der Waals surface area contributed by atoms with Gasteiger partial charge in [0.15, 0.2) is 6.61 Å². The molecule has 20 heavy (non-hydrogen) atoms. The molecule has 0 spiro atoms. The van der Waals surface area contributed by atoms with Crippen molar-refractivity contribution >= 4 is 23.1 Å². The second-order valence-corrected chi connectivity index (χ2v) is 5.74. The molecule has 0 unspecified atom stereocenters. The van der Waals surface area contributed by atoms with Gasteiger partial charge in [0.05, 0.1) is 0 Å². The van der Waals surface area contributed by atoms with Crippen molar-refractivity contribution in [3.05, 3.63) is 29.8 Å². The molecule has 1 amide bonds. The molecular weight excluding hydrogens is 272 g/mol. The van der Waals surface area contributed by atoms with Crippen LogP contribution in [-0.2, 0) is 4.79 Å². The molecule has 0 saturated carbocycles. The highest BCUT2D eigenvalue weighted by Gasteiger charge is 2.25. The van der Waals surface area contributed by atoms with Gasteiger partial charge in [0.2, 0.25) is 0 Å². The van der Waals surface area contributed by atoms with Crippen LogP contribution in [0.5, 0.6) is 5.75 Å². The summed E-state index contributed by atoms with van der Waals surface area (Å²) < 4.78 is 5.49. The zero-order valence-electron chi connectivity index (χ0n) is 12.5. The molecule has 0 aromatic heterocycles. The Bertz CT molecular complexity index is 483. The summed E-state index contributed by atoms with van der Waals surface area (Å²) >= 11 is 4.88. The molecule has 1 rings (SSSR count).